The van der Waals surface area contributed by atoms with Crippen molar-refractivity contribution in [3.63, 3.8) is 0 Å². The maximum atomic E-state index is 15.4. The van der Waals surface area contributed by atoms with Gasteiger partial charge in [0.2, 0.25) is 0 Å². The zero-order valence-corrected chi connectivity index (χ0v) is 19.4. The summed E-state index contributed by atoms with van der Waals surface area (Å²) in [6, 6.07) is 10.7. The molecule has 5 rings (SSSR count). The average Bonchev–Trinajstić information content (AvgIpc) is 2.79. The molecule has 7 nitrogen and oxygen atoms in total. The standard InChI is InChI=1S/C26H27FN2O5/c1-25(2,3)34-24(30)28-22-14-32-15-26(29-22)18-8-4-5-9-21(18)33-23-19(26)11-17(12-20(23)27)16-7-6-10-31-13-16/h4-5,7-9,11-12H,6,10,13-15H2,1-3H3,(H,28,29,30)/t26-/m1/s1. The molecule has 0 aliphatic carbocycles. The molecule has 3 aliphatic heterocycles. The lowest BCUT2D eigenvalue weighted by Gasteiger charge is -2.40. The number of aliphatic imine (C=N–C) groups is 1. The van der Waals surface area contributed by atoms with Crippen LogP contribution in [-0.2, 0) is 19.7 Å². The van der Waals surface area contributed by atoms with E-state index in [0.717, 1.165) is 17.6 Å². The second-order valence-electron chi connectivity index (χ2n) is 9.54. The number of nitrogens with zero attached hydrogens (tertiary/aromatic N) is 1. The molecule has 3 aliphatic rings. The van der Waals surface area contributed by atoms with Crippen LogP contribution >= 0.6 is 0 Å². The van der Waals surface area contributed by atoms with E-state index < -0.39 is 23.1 Å². The monoisotopic (exact) mass is 466 g/mol. The van der Waals surface area contributed by atoms with Crippen LogP contribution in [0.1, 0.15) is 43.9 Å². The van der Waals surface area contributed by atoms with Crippen LogP contribution in [0.3, 0.4) is 0 Å². The molecule has 0 saturated carbocycles. The minimum atomic E-state index is -1.10. The normalized spacial score (nSPS) is 21.5. The van der Waals surface area contributed by atoms with Crippen molar-refractivity contribution in [3.05, 3.63) is 65.0 Å². The summed E-state index contributed by atoms with van der Waals surface area (Å²) in [5, 5.41) is 2.70. The molecule has 1 spiro atoms. The number of rotatable bonds is 1. The summed E-state index contributed by atoms with van der Waals surface area (Å²) in [5.74, 6) is 0.405. The van der Waals surface area contributed by atoms with Crippen molar-refractivity contribution in [2.45, 2.75) is 38.3 Å². The maximum Gasteiger partial charge on any atom is 0.413 e. The van der Waals surface area contributed by atoms with Gasteiger partial charge < -0.3 is 18.9 Å². The molecule has 0 fully saturated rings. The second-order valence-corrected chi connectivity index (χ2v) is 9.54. The summed E-state index contributed by atoms with van der Waals surface area (Å²) in [4.78, 5) is 17.4. The van der Waals surface area contributed by atoms with Gasteiger partial charge in [-0.1, -0.05) is 24.3 Å². The fourth-order valence-corrected chi connectivity index (χ4v) is 4.45. The van der Waals surface area contributed by atoms with Gasteiger partial charge in [-0.05, 0) is 56.5 Å². The predicted octanol–water partition coefficient (Wildman–Crippen LogP) is 4.93. The van der Waals surface area contributed by atoms with Gasteiger partial charge in [-0.25, -0.2) is 9.18 Å². The van der Waals surface area contributed by atoms with E-state index in [1.165, 1.54) is 6.07 Å². The van der Waals surface area contributed by atoms with Crippen molar-refractivity contribution in [3.8, 4) is 11.5 Å². The van der Waals surface area contributed by atoms with Gasteiger partial charge in [0.05, 0.1) is 19.8 Å². The van der Waals surface area contributed by atoms with Crippen LogP contribution in [0.2, 0.25) is 0 Å². The first-order valence-corrected chi connectivity index (χ1v) is 11.3. The van der Waals surface area contributed by atoms with Crippen molar-refractivity contribution < 1.29 is 28.1 Å². The highest BCUT2D eigenvalue weighted by Gasteiger charge is 2.46. The van der Waals surface area contributed by atoms with Crippen LogP contribution in [0.4, 0.5) is 9.18 Å². The van der Waals surface area contributed by atoms with Gasteiger partial charge in [0, 0.05) is 11.1 Å². The Bertz CT molecular complexity index is 1200. The predicted molar refractivity (Wildman–Crippen MR) is 125 cm³/mol. The van der Waals surface area contributed by atoms with Gasteiger partial charge in [-0.3, -0.25) is 10.3 Å². The summed E-state index contributed by atoms with van der Waals surface area (Å²) in [6.07, 6.45) is 2.20. The number of fused-ring (bicyclic) bond motifs is 4. The Hall–Kier alpha value is -3.23. The van der Waals surface area contributed by atoms with Crippen molar-refractivity contribution in [2.24, 2.45) is 4.99 Å². The van der Waals surface area contributed by atoms with Crippen LogP contribution in [-0.4, -0.2) is 44.0 Å². The van der Waals surface area contributed by atoms with Gasteiger partial charge in [0.1, 0.15) is 29.3 Å². The number of ether oxygens (including phenoxy) is 4. The number of alkyl carbamates (subject to hydrolysis) is 1. The molecule has 2 aromatic rings. The van der Waals surface area contributed by atoms with E-state index in [4.69, 9.17) is 23.9 Å². The van der Waals surface area contributed by atoms with Crippen molar-refractivity contribution in [1.29, 1.82) is 0 Å². The lowest BCUT2D eigenvalue weighted by atomic mass is 9.79. The fourth-order valence-electron chi connectivity index (χ4n) is 4.45. The smallest absolute Gasteiger partial charge is 0.413 e. The van der Waals surface area contributed by atoms with Crippen LogP contribution in [0.5, 0.6) is 11.5 Å². The van der Waals surface area contributed by atoms with Gasteiger partial charge in [-0.2, -0.15) is 0 Å². The first-order chi connectivity index (χ1) is 16.2. The van der Waals surface area contributed by atoms with Gasteiger partial charge in [0.15, 0.2) is 11.6 Å². The largest absolute Gasteiger partial charge is 0.453 e. The highest BCUT2D eigenvalue weighted by molar-refractivity contribution is 5.97. The lowest BCUT2D eigenvalue weighted by Crippen LogP contribution is -2.46. The zero-order valence-electron chi connectivity index (χ0n) is 19.4. The number of nitrogens with one attached hydrogen (secondary N) is 1. The Labute approximate surface area is 197 Å². The Kier molecular flexibility index (Phi) is 5.65. The summed E-state index contributed by atoms with van der Waals surface area (Å²) in [7, 11) is 0. The highest BCUT2D eigenvalue weighted by Crippen LogP contribution is 2.51. The molecule has 0 unspecified atom stereocenters. The number of halogens is 1. The van der Waals surface area contributed by atoms with Gasteiger partial charge in [0.25, 0.3) is 0 Å². The Morgan fingerprint density at radius 1 is 1.15 bits per heavy atom. The zero-order chi connectivity index (χ0) is 23.9. The van der Waals surface area contributed by atoms with E-state index in [-0.39, 0.29) is 19.0 Å². The summed E-state index contributed by atoms with van der Waals surface area (Å²) < 4.78 is 38.3. The molecule has 1 atom stereocenters. The molecule has 178 valence electrons. The molecule has 0 bridgehead atoms. The SMILES string of the molecule is CC(C)(C)OC(=O)NC1=N[C@]2(COC1)c1ccccc1Oc1c(F)cc(C3=CCCOC3)cc12. The van der Waals surface area contributed by atoms with Crippen molar-refractivity contribution in [2.75, 3.05) is 26.4 Å². The highest BCUT2D eigenvalue weighted by atomic mass is 19.1. The molecule has 0 radical (unpaired) electrons. The van der Waals surface area contributed by atoms with Crippen LogP contribution in [0.15, 0.2) is 47.5 Å². The van der Waals surface area contributed by atoms with Crippen molar-refractivity contribution in [1.82, 2.24) is 5.32 Å². The first-order valence-electron chi connectivity index (χ1n) is 11.3. The van der Waals surface area contributed by atoms with E-state index in [0.29, 0.717) is 35.9 Å². The van der Waals surface area contributed by atoms with Gasteiger partial charge >= 0.3 is 6.09 Å². The molecule has 8 heteroatoms. The second kappa shape index (κ2) is 8.52. The molecule has 0 aromatic heterocycles. The average molecular weight is 467 g/mol. The molecule has 2 aromatic carbocycles. The van der Waals surface area contributed by atoms with E-state index >= 15 is 4.39 Å². The van der Waals surface area contributed by atoms with Crippen LogP contribution < -0.4 is 10.1 Å². The summed E-state index contributed by atoms with van der Waals surface area (Å²) in [5.41, 5.74) is 1.13. The number of para-hydroxylation sites is 1. The van der Waals surface area contributed by atoms with Crippen molar-refractivity contribution >= 4 is 17.5 Å². The van der Waals surface area contributed by atoms with E-state index in [1.807, 2.05) is 24.3 Å². The quantitative estimate of drug-likeness (QED) is 0.645. The number of carbonyl (C=O) groups excluding carboxylic acids is 1. The van der Waals surface area contributed by atoms with E-state index in [1.54, 1.807) is 26.8 Å². The van der Waals surface area contributed by atoms with Crippen LogP contribution in [0, 0.1) is 5.82 Å². The number of benzene rings is 2. The minimum absolute atomic E-state index is 0.0977. The fraction of sp³-hybridized carbons (Fsp3) is 0.385. The Balaban J connectivity index is 1.64. The molecule has 34 heavy (non-hydrogen) atoms. The third-order valence-electron chi connectivity index (χ3n) is 5.84. The molecular formula is C26H27FN2O5. The number of hydrogen-bond acceptors (Lipinski definition) is 6. The van der Waals surface area contributed by atoms with E-state index in [2.05, 4.69) is 11.4 Å². The topological polar surface area (TPSA) is 78.4 Å². The number of carbonyl (C=O) groups is 1. The lowest BCUT2D eigenvalue weighted by molar-refractivity contribution is 0.0545. The number of amidine groups is 1. The number of hydrogen-bond donors (Lipinski definition) is 1. The molecule has 1 N–H and O–H groups in total. The van der Waals surface area contributed by atoms with E-state index in [9.17, 15) is 4.79 Å². The molecule has 0 saturated heterocycles. The Morgan fingerprint density at radius 3 is 2.74 bits per heavy atom. The van der Waals surface area contributed by atoms with Crippen LogP contribution in [0.25, 0.3) is 5.57 Å². The Morgan fingerprint density at radius 2 is 1.97 bits per heavy atom. The minimum Gasteiger partial charge on any atom is -0.453 e. The first kappa shape index (κ1) is 22.6. The molecule has 1 amide bonds. The molecule has 3 heterocycles. The summed E-state index contributed by atoms with van der Waals surface area (Å²) >= 11 is 0. The summed E-state index contributed by atoms with van der Waals surface area (Å²) in [6.45, 7) is 6.67. The third-order valence-corrected chi connectivity index (χ3v) is 5.84. The third kappa shape index (κ3) is 4.19. The molecular weight excluding hydrogens is 439 g/mol. The van der Waals surface area contributed by atoms with Gasteiger partial charge in [-0.15, -0.1) is 0 Å². The number of amides is 1. The maximum absolute atomic E-state index is 15.4.